The van der Waals surface area contributed by atoms with Gasteiger partial charge in [0.2, 0.25) is 0 Å². The maximum absolute atomic E-state index is 12.3. The van der Waals surface area contributed by atoms with E-state index in [1.165, 1.54) is 32.1 Å². The van der Waals surface area contributed by atoms with E-state index in [9.17, 15) is 9.90 Å². The molecule has 0 aromatic carbocycles. The van der Waals surface area contributed by atoms with Gasteiger partial charge in [0.1, 0.15) is 6.10 Å². The lowest BCUT2D eigenvalue weighted by atomic mass is 9.51. The van der Waals surface area contributed by atoms with Gasteiger partial charge in [-0.25, -0.2) is 0 Å². The molecule has 19 heavy (non-hydrogen) atoms. The molecule has 0 aromatic heterocycles. The van der Waals surface area contributed by atoms with Crippen molar-refractivity contribution in [1.29, 1.82) is 0 Å². The molecule has 1 amide bonds. The largest absolute Gasteiger partial charge is 0.383 e. The van der Waals surface area contributed by atoms with Crippen molar-refractivity contribution < 1.29 is 9.90 Å². The van der Waals surface area contributed by atoms with Gasteiger partial charge in [-0.05, 0) is 61.7 Å². The Morgan fingerprint density at radius 2 is 1.74 bits per heavy atom. The first kappa shape index (κ1) is 13.4. The van der Waals surface area contributed by atoms with Gasteiger partial charge in [-0.3, -0.25) is 4.79 Å². The van der Waals surface area contributed by atoms with Crippen molar-refractivity contribution in [2.45, 2.75) is 38.2 Å². The summed E-state index contributed by atoms with van der Waals surface area (Å²) in [6.45, 7) is 0.986. The minimum Gasteiger partial charge on any atom is -0.383 e. The fourth-order valence-corrected chi connectivity index (χ4v) is 5.18. The zero-order valence-electron chi connectivity index (χ0n) is 11.8. The Morgan fingerprint density at radius 1 is 1.21 bits per heavy atom. The van der Waals surface area contributed by atoms with Crippen molar-refractivity contribution in [2.24, 2.45) is 35.3 Å². The molecule has 4 aliphatic rings. The number of carbonyl (C=O) groups is 1. The van der Waals surface area contributed by atoms with Crippen LogP contribution in [0.5, 0.6) is 0 Å². The molecule has 4 bridgehead atoms. The first-order valence-electron chi connectivity index (χ1n) is 7.73. The number of aliphatic hydroxyl groups is 1. The Hall–Kier alpha value is -0.610. The van der Waals surface area contributed by atoms with Crippen molar-refractivity contribution in [3.63, 3.8) is 0 Å². The number of aliphatic hydroxyl groups excluding tert-OH is 1. The molecule has 0 saturated heterocycles. The summed E-state index contributed by atoms with van der Waals surface area (Å²) in [5.74, 6) is 3.01. The highest BCUT2D eigenvalue weighted by atomic mass is 16.3. The van der Waals surface area contributed by atoms with Crippen LogP contribution in [0.25, 0.3) is 0 Å². The second kappa shape index (κ2) is 5.06. The van der Waals surface area contributed by atoms with E-state index in [0.717, 1.165) is 11.8 Å². The number of rotatable bonds is 4. The number of nitrogens with two attached hydrogens (primary N) is 1. The normalized spacial score (nSPS) is 41.3. The molecule has 4 rings (SSSR count). The minimum absolute atomic E-state index is 0.122. The molecular formula is C15H26N2O2. The predicted octanol–water partition coefficient (Wildman–Crippen LogP) is 0.837. The van der Waals surface area contributed by atoms with Crippen LogP contribution in [0.4, 0.5) is 0 Å². The number of amides is 1. The number of carbonyl (C=O) groups excluding carboxylic acids is 1. The monoisotopic (exact) mass is 266 g/mol. The predicted molar refractivity (Wildman–Crippen MR) is 73.2 cm³/mol. The molecule has 108 valence electrons. The highest BCUT2D eigenvalue weighted by Gasteiger charge is 2.51. The topological polar surface area (TPSA) is 66.6 Å². The van der Waals surface area contributed by atoms with Gasteiger partial charge in [-0.1, -0.05) is 0 Å². The van der Waals surface area contributed by atoms with Crippen molar-refractivity contribution in [1.82, 2.24) is 4.90 Å². The van der Waals surface area contributed by atoms with E-state index in [-0.39, 0.29) is 11.8 Å². The lowest BCUT2D eigenvalue weighted by Crippen LogP contribution is -2.53. The van der Waals surface area contributed by atoms with Crippen molar-refractivity contribution in [3.8, 4) is 0 Å². The molecule has 1 unspecified atom stereocenters. The van der Waals surface area contributed by atoms with Gasteiger partial charge in [0, 0.05) is 20.1 Å². The maximum atomic E-state index is 12.3. The SMILES string of the molecule is CN(CCN)C(=O)C(O)C1C2CC3CC(C2)CC1C3. The minimum atomic E-state index is -0.799. The van der Waals surface area contributed by atoms with E-state index in [1.54, 1.807) is 11.9 Å². The summed E-state index contributed by atoms with van der Waals surface area (Å²) in [7, 11) is 1.74. The van der Waals surface area contributed by atoms with Crippen LogP contribution in [-0.4, -0.2) is 42.2 Å². The summed E-state index contributed by atoms with van der Waals surface area (Å²) >= 11 is 0. The van der Waals surface area contributed by atoms with Crippen LogP contribution in [0.2, 0.25) is 0 Å². The Labute approximate surface area is 115 Å². The molecule has 4 nitrogen and oxygen atoms in total. The Kier molecular flexibility index (Phi) is 3.56. The number of hydrogen-bond donors (Lipinski definition) is 2. The van der Waals surface area contributed by atoms with Gasteiger partial charge in [0.25, 0.3) is 5.91 Å². The summed E-state index contributed by atoms with van der Waals surface area (Å²) in [6, 6.07) is 0. The standard InChI is InChI=1S/C15H26N2O2/c1-17(3-2-16)15(19)14(18)13-11-5-9-4-10(7-11)8-12(13)6-9/h9-14,18H,2-8,16H2,1H3. The summed E-state index contributed by atoms with van der Waals surface area (Å²) < 4.78 is 0. The van der Waals surface area contributed by atoms with Gasteiger partial charge in [0.05, 0.1) is 0 Å². The van der Waals surface area contributed by atoms with E-state index in [4.69, 9.17) is 5.73 Å². The molecule has 4 aliphatic carbocycles. The molecule has 4 fully saturated rings. The fraction of sp³-hybridized carbons (Fsp3) is 0.933. The van der Waals surface area contributed by atoms with Crippen LogP contribution in [0.1, 0.15) is 32.1 Å². The van der Waals surface area contributed by atoms with Crippen molar-refractivity contribution in [2.75, 3.05) is 20.1 Å². The fourth-order valence-electron chi connectivity index (χ4n) is 5.18. The summed E-state index contributed by atoms with van der Waals surface area (Å²) in [4.78, 5) is 13.9. The number of hydrogen-bond acceptors (Lipinski definition) is 3. The van der Waals surface area contributed by atoms with E-state index in [2.05, 4.69) is 0 Å². The highest BCUT2D eigenvalue weighted by Crippen LogP contribution is 2.57. The van der Waals surface area contributed by atoms with Crippen LogP contribution in [-0.2, 0) is 4.79 Å². The highest BCUT2D eigenvalue weighted by molar-refractivity contribution is 5.80. The van der Waals surface area contributed by atoms with Crippen LogP contribution in [0.15, 0.2) is 0 Å². The van der Waals surface area contributed by atoms with E-state index >= 15 is 0 Å². The van der Waals surface area contributed by atoms with Gasteiger partial charge in [-0.2, -0.15) is 0 Å². The smallest absolute Gasteiger partial charge is 0.251 e. The van der Waals surface area contributed by atoms with Gasteiger partial charge >= 0.3 is 0 Å². The van der Waals surface area contributed by atoms with Crippen LogP contribution in [0.3, 0.4) is 0 Å². The quantitative estimate of drug-likeness (QED) is 0.792. The number of likely N-dealkylation sites (N-methyl/N-ethyl adjacent to an activating group) is 1. The van der Waals surface area contributed by atoms with Crippen LogP contribution < -0.4 is 5.73 Å². The second-order valence-electron chi connectivity index (χ2n) is 7.00. The molecular weight excluding hydrogens is 240 g/mol. The Balaban J connectivity index is 1.70. The van der Waals surface area contributed by atoms with E-state index in [1.807, 2.05) is 0 Å². The molecule has 3 N–H and O–H groups in total. The average molecular weight is 266 g/mol. The molecule has 4 saturated carbocycles. The van der Waals surface area contributed by atoms with Crippen LogP contribution in [0, 0.1) is 29.6 Å². The average Bonchev–Trinajstić information content (AvgIpc) is 2.36. The lowest BCUT2D eigenvalue weighted by molar-refractivity contribution is -0.153. The third-order valence-corrected chi connectivity index (χ3v) is 5.76. The van der Waals surface area contributed by atoms with E-state index in [0.29, 0.717) is 24.9 Å². The summed E-state index contributed by atoms with van der Waals surface area (Å²) in [6.07, 6.45) is 5.55. The molecule has 4 heteroatoms. The molecule has 0 spiro atoms. The van der Waals surface area contributed by atoms with E-state index < -0.39 is 6.10 Å². The molecule has 0 radical (unpaired) electrons. The first-order chi connectivity index (χ1) is 9.10. The molecule has 1 atom stereocenters. The third-order valence-electron chi connectivity index (χ3n) is 5.76. The zero-order chi connectivity index (χ0) is 13.6. The summed E-state index contributed by atoms with van der Waals surface area (Å²) in [5, 5.41) is 10.5. The van der Waals surface area contributed by atoms with Gasteiger partial charge in [0.15, 0.2) is 0 Å². The van der Waals surface area contributed by atoms with Gasteiger partial charge in [-0.15, -0.1) is 0 Å². The molecule has 0 aliphatic heterocycles. The number of nitrogens with zero attached hydrogens (tertiary/aromatic N) is 1. The molecule has 0 aromatic rings. The lowest BCUT2D eigenvalue weighted by Gasteiger charge is -2.55. The molecule has 0 heterocycles. The van der Waals surface area contributed by atoms with Gasteiger partial charge < -0.3 is 15.7 Å². The van der Waals surface area contributed by atoms with Crippen molar-refractivity contribution in [3.05, 3.63) is 0 Å². The zero-order valence-corrected chi connectivity index (χ0v) is 11.8. The third kappa shape index (κ3) is 2.29. The Bertz CT molecular complexity index is 330. The second-order valence-corrected chi connectivity index (χ2v) is 7.00. The maximum Gasteiger partial charge on any atom is 0.251 e. The van der Waals surface area contributed by atoms with Crippen molar-refractivity contribution >= 4 is 5.91 Å². The summed E-state index contributed by atoms with van der Waals surface area (Å²) in [5.41, 5.74) is 5.49. The Morgan fingerprint density at radius 3 is 2.21 bits per heavy atom. The first-order valence-corrected chi connectivity index (χ1v) is 7.73. The van der Waals surface area contributed by atoms with Crippen LogP contribution >= 0.6 is 0 Å².